The van der Waals surface area contributed by atoms with Gasteiger partial charge >= 0.3 is 5.97 Å². The molecule has 0 fully saturated rings. The van der Waals surface area contributed by atoms with Crippen molar-refractivity contribution in [2.75, 3.05) is 11.9 Å². The molecule has 0 aliphatic rings. The summed E-state index contributed by atoms with van der Waals surface area (Å²) in [7, 11) is 0. The standard InChI is InChI=1S/C19H19ClN2O5/c1-12(2)9-13-3-5-14(6-4-13)19(24)27-11-18(23)21-17-8-7-15(22(25)26)10-16(17)20/h3-8,10,12H,9,11H2,1-2H3,(H,21,23). The minimum Gasteiger partial charge on any atom is -0.452 e. The quantitative estimate of drug-likeness (QED) is 0.433. The lowest BCUT2D eigenvalue weighted by atomic mass is 10.0. The average molecular weight is 391 g/mol. The number of hydrogen-bond acceptors (Lipinski definition) is 5. The van der Waals surface area contributed by atoms with E-state index in [9.17, 15) is 19.7 Å². The van der Waals surface area contributed by atoms with Crippen molar-refractivity contribution >= 4 is 34.9 Å². The summed E-state index contributed by atoms with van der Waals surface area (Å²) in [6.07, 6.45) is 0.910. The fourth-order valence-corrected chi connectivity index (χ4v) is 2.59. The van der Waals surface area contributed by atoms with Gasteiger partial charge in [-0.2, -0.15) is 0 Å². The number of nitrogens with one attached hydrogen (secondary N) is 1. The molecule has 0 saturated carbocycles. The SMILES string of the molecule is CC(C)Cc1ccc(C(=O)OCC(=O)Nc2ccc([N+](=O)[O-])cc2Cl)cc1. The molecular formula is C19H19ClN2O5. The first-order chi connectivity index (χ1) is 12.8. The Hall–Kier alpha value is -2.93. The van der Waals surface area contributed by atoms with Crippen LogP contribution in [0.2, 0.25) is 5.02 Å². The first-order valence-electron chi connectivity index (χ1n) is 8.26. The zero-order chi connectivity index (χ0) is 20.0. The Labute approximate surface area is 161 Å². The van der Waals surface area contributed by atoms with E-state index in [1.54, 1.807) is 12.1 Å². The van der Waals surface area contributed by atoms with Gasteiger partial charge in [0.05, 0.1) is 21.2 Å². The minimum absolute atomic E-state index is 0.0182. The van der Waals surface area contributed by atoms with E-state index in [0.29, 0.717) is 11.5 Å². The summed E-state index contributed by atoms with van der Waals surface area (Å²) < 4.78 is 4.98. The minimum atomic E-state index is -0.615. The molecule has 0 bridgehead atoms. The Balaban J connectivity index is 1.89. The van der Waals surface area contributed by atoms with Gasteiger partial charge in [0.1, 0.15) is 0 Å². The third kappa shape index (κ3) is 6.07. The number of nitro benzene ring substituents is 1. The summed E-state index contributed by atoms with van der Waals surface area (Å²) >= 11 is 5.90. The predicted molar refractivity (Wildman–Crippen MR) is 102 cm³/mol. The number of rotatable bonds is 7. The zero-order valence-corrected chi connectivity index (χ0v) is 15.7. The molecule has 142 valence electrons. The van der Waals surface area contributed by atoms with E-state index in [1.165, 1.54) is 12.1 Å². The number of hydrogen-bond donors (Lipinski definition) is 1. The largest absolute Gasteiger partial charge is 0.452 e. The van der Waals surface area contributed by atoms with Crippen molar-refractivity contribution in [1.82, 2.24) is 0 Å². The molecule has 2 rings (SSSR count). The molecule has 8 heteroatoms. The van der Waals surface area contributed by atoms with Crippen molar-refractivity contribution in [2.24, 2.45) is 5.92 Å². The summed E-state index contributed by atoms with van der Waals surface area (Å²) in [4.78, 5) is 34.0. The third-order valence-corrected chi connectivity index (χ3v) is 3.92. The molecule has 2 aromatic carbocycles. The number of amides is 1. The van der Waals surface area contributed by atoms with Crippen LogP contribution in [-0.4, -0.2) is 23.4 Å². The van der Waals surface area contributed by atoms with Crippen molar-refractivity contribution < 1.29 is 19.2 Å². The molecule has 0 unspecified atom stereocenters. The van der Waals surface area contributed by atoms with Crippen LogP contribution >= 0.6 is 11.6 Å². The highest BCUT2D eigenvalue weighted by Gasteiger charge is 2.14. The molecule has 0 aliphatic heterocycles. The van der Waals surface area contributed by atoms with Crippen LogP contribution in [0.5, 0.6) is 0 Å². The van der Waals surface area contributed by atoms with Crippen LogP contribution in [0, 0.1) is 16.0 Å². The number of halogens is 1. The van der Waals surface area contributed by atoms with E-state index in [4.69, 9.17) is 16.3 Å². The van der Waals surface area contributed by atoms with Gasteiger partial charge in [0.15, 0.2) is 6.61 Å². The van der Waals surface area contributed by atoms with Crippen LogP contribution in [0.15, 0.2) is 42.5 Å². The first kappa shape index (κ1) is 20.4. The Kier molecular flexibility index (Phi) is 6.90. The number of esters is 1. The van der Waals surface area contributed by atoms with Gasteiger partial charge in [-0.05, 0) is 36.1 Å². The zero-order valence-electron chi connectivity index (χ0n) is 14.9. The monoisotopic (exact) mass is 390 g/mol. The second-order valence-electron chi connectivity index (χ2n) is 6.34. The summed E-state index contributed by atoms with van der Waals surface area (Å²) in [6.45, 7) is 3.72. The fourth-order valence-electron chi connectivity index (χ4n) is 2.37. The highest BCUT2D eigenvalue weighted by Crippen LogP contribution is 2.26. The summed E-state index contributed by atoms with van der Waals surface area (Å²) in [5.41, 5.74) is 1.47. The van der Waals surface area contributed by atoms with Crippen molar-refractivity contribution in [2.45, 2.75) is 20.3 Å². The van der Waals surface area contributed by atoms with E-state index in [2.05, 4.69) is 19.2 Å². The number of non-ortho nitro benzene ring substituents is 1. The van der Waals surface area contributed by atoms with Gasteiger partial charge in [-0.15, -0.1) is 0 Å². The fraction of sp³-hybridized carbons (Fsp3) is 0.263. The molecule has 0 radical (unpaired) electrons. The molecule has 0 spiro atoms. The number of ether oxygens (including phenoxy) is 1. The number of anilines is 1. The molecule has 1 amide bonds. The molecule has 7 nitrogen and oxygen atoms in total. The van der Waals surface area contributed by atoms with Gasteiger partial charge in [-0.1, -0.05) is 37.6 Å². The van der Waals surface area contributed by atoms with Gasteiger partial charge < -0.3 is 10.1 Å². The number of nitrogens with zero attached hydrogens (tertiary/aromatic N) is 1. The topological polar surface area (TPSA) is 98.5 Å². The number of nitro groups is 1. The van der Waals surface area contributed by atoms with Crippen LogP contribution < -0.4 is 5.32 Å². The van der Waals surface area contributed by atoms with Crippen molar-refractivity contribution in [3.05, 3.63) is 68.7 Å². The molecular weight excluding hydrogens is 372 g/mol. The lowest BCUT2D eigenvalue weighted by Crippen LogP contribution is -2.21. The highest BCUT2D eigenvalue weighted by atomic mass is 35.5. The van der Waals surface area contributed by atoms with Crippen molar-refractivity contribution in [1.29, 1.82) is 0 Å². The van der Waals surface area contributed by atoms with Crippen LogP contribution in [0.3, 0.4) is 0 Å². The average Bonchev–Trinajstić information content (AvgIpc) is 2.61. The van der Waals surface area contributed by atoms with E-state index < -0.39 is 23.4 Å². The summed E-state index contributed by atoms with van der Waals surface area (Å²) in [6, 6.07) is 10.7. The van der Waals surface area contributed by atoms with Gasteiger partial charge in [0.2, 0.25) is 0 Å². The van der Waals surface area contributed by atoms with Crippen molar-refractivity contribution in [3.8, 4) is 0 Å². The Morgan fingerprint density at radius 1 is 1.19 bits per heavy atom. The lowest BCUT2D eigenvalue weighted by molar-refractivity contribution is -0.384. The van der Waals surface area contributed by atoms with Gasteiger partial charge in [0, 0.05) is 12.1 Å². The molecule has 27 heavy (non-hydrogen) atoms. The van der Waals surface area contributed by atoms with Crippen LogP contribution in [-0.2, 0) is 16.0 Å². The number of benzene rings is 2. The maximum atomic E-state index is 12.0. The smallest absolute Gasteiger partial charge is 0.338 e. The molecule has 1 N–H and O–H groups in total. The lowest BCUT2D eigenvalue weighted by Gasteiger charge is -2.09. The first-order valence-corrected chi connectivity index (χ1v) is 8.64. The third-order valence-electron chi connectivity index (χ3n) is 3.61. The molecule has 0 atom stereocenters. The number of carbonyl (C=O) groups excluding carboxylic acids is 2. The van der Waals surface area contributed by atoms with Gasteiger partial charge in [-0.3, -0.25) is 14.9 Å². The highest BCUT2D eigenvalue weighted by molar-refractivity contribution is 6.34. The molecule has 0 aliphatic carbocycles. The molecule has 0 heterocycles. The summed E-state index contributed by atoms with van der Waals surface area (Å²) in [5.74, 6) is -0.704. The Morgan fingerprint density at radius 3 is 2.41 bits per heavy atom. The maximum Gasteiger partial charge on any atom is 0.338 e. The van der Waals surface area contributed by atoms with Gasteiger partial charge in [0.25, 0.3) is 11.6 Å². The number of carbonyl (C=O) groups is 2. The van der Waals surface area contributed by atoms with E-state index in [1.807, 2.05) is 12.1 Å². The van der Waals surface area contributed by atoms with Crippen molar-refractivity contribution in [3.63, 3.8) is 0 Å². The predicted octanol–water partition coefficient (Wildman–Crippen LogP) is 4.24. The van der Waals surface area contributed by atoms with E-state index >= 15 is 0 Å². The molecule has 0 aromatic heterocycles. The molecule has 2 aromatic rings. The molecule has 0 saturated heterocycles. The second kappa shape index (κ2) is 9.14. The Morgan fingerprint density at radius 2 is 1.85 bits per heavy atom. The van der Waals surface area contributed by atoms with Crippen LogP contribution in [0.25, 0.3) is 0 Å². The van der Waals surface area contributed by atoms with E-state index in [0.717, 1.165) is 18.1 Å². The maximum absolute atomic E-state index is 12.0. The Bertz CT molecular complexity index is 850. The van der Waals surface area contributed by atoms with Crippen LogP contribution in [0.4, 0.5) is 11.4 Å². The van der Waals surface area contributed by atoms with Crippen LogP contribution in [0.1, 0.15) is 29.8 Å². The summed E-state index contributed by atoms with van der Waals surface area (Å²) in [5, 5.41) is 13.1. The normalized spacial score (nSPS) is 10.5. The van der Waals surface area contributed by atoms with E-state index in [-0.39, 0.29) is 16.4 Å². The second-order valence-corrected chi connectivity index (χ2v) is 6.75. The van der Waals surface area contributed by atoms with Gasteiger partial charge in [-0.25, -0.2) is 4.79 Å².